The number of nitrogens with zero attached hydrogens (tertiary/aromatic N) is 6. The molecule has 3 amide bonds. The third-order valence-electron chi connectivity index (χ3n) is 6.85. The van der Waals surface area contributed by atoms with Gasteiger partial charge in [-0.2, -0.15) is 4.57 Å². The molecule has 2 fully saturated rings. The molecule has 174 valence electrons. The van der Waals surface area contributed by atoms with Crippen LogP contribution >= 0.6 is 0 Å². The van der Waals surface area contributed by atoms with Crippen molar-refractivity contribution in [1.29, 1.82) is 0 Å². The Kier molecular flexibility index (Phi) is 5.74. The van der Waals surface area contributed by atoms with Crippen LogP contribution in [0.2, 0.25) is 0 Å². The highest BCUT2D eigenvalue weighted by Gasteiger charge is 2.53. The van der Waals surface area contributed by atoms with E-state index in [0.717, 1.165) is 37.4 Å². The van der Waals surface area contributed by atoms with Crippen LogP contribution in [0.15, 0.2) is 35.5 Å². The normalized spacial score (nSPS) is 21.2. The second-order valence-electron chi connectivity index (χ2n) is 9.10. The Morgan fingerprint density at radius 1 is 1.06 bits per heavy atom. The summed E-state index contributed by atoms with van der Waals surface area (Å²) in [6.45, 7) is 5.40. The van der Waals surface area contributed by atoms with E-state index in [4.69, 9.17) is 0 Å². The van der Waals surface area contributed by atoms with Crippen molar-refractivity contribution in [3.63, 3.8) is 0 Å². The minimum absolute atomic E-state index is 0.243. The summed E-state index contributed by atoms with van der Waals surface area (Å²) in [4.78, 5) is 36.5. The molecule has 2 aromatic rings. The molecule has 1 aromatic carbocycles. The molecule has 3 aliphatic rings. The number of aliphatic imine (C=N–C) groups is 1. The van der Waals surface area contributed by atoms with Crippen LogP contribution in [0.1, 0.15) is 43.8 Å². The van der Waals surface area contributed by atoms with Gasteiger partial charge >= 0.3 is 12.0 Å². The zero-order valence-electron chi connectivity index (χ0n) is 19.2. The number of rotatable bonds is 5. The maximum absolute atomic E-state index is 13.5. The molecule has 0 aliphatic carbocycles. The number of urea groups is 1. The largest absolute Gasteiger partial charge is 0.406 e. The minimum Gasteiger partial charge on any atom is -0.303 e. The van der Waals surface area contributed by atoms with Gasteiger partial charge in [-0.3, -0.25) is 14.6 Å². The van der Waals surface area contributed by atoms with Gasteiger partial charge in [0.25, 0.3) is 5.91 Å². The molecule has 1 unspecified atom stereocenters. The van der Waals surface area contributed by atoms with Crippen molar-refractivity contribution in [3.05, 3.63) is 42.0 Å². The molecular formula is C24H30FN6O2+. The van der Waals surface area contributed by atoms with Crippen molar-refractivity contribution < 1.29 is 18.5 Å². The number of likely N-dealkylation sites (N-methyl/N-ethyl adjacent to an activating group) is 1. The number of hydrogen-bond donors (Lipinski definition) is 0. The monoisotopic (exact) mass is 453 g/mol. The van der Waals surface area contributed by atoms with Crippen LogP contribution in [0.5, 0.6) is 0 Å². The SMILES string of the molecule is Cc1c[n+]2c(n1-c1ccc(F)cc1)N=C1C2C(=O)N(CCCN2CCCCCC2)C(=O)N1C. The van der Waals surface area contributed by atoms with Gasteiger partial charge in [-0.1, -0.05) is 17.8 Å². The Labute approximate surface area is 192 Å². The van der Waals surface area contributed by atoms with Crippen LogP contribution in [-0.2, 0) is 4.79 Å². The number of aryl methyl sites for hydroxylation is 1. The van der Waals surface area contributed by atoms with E-state index in [0.29, 0.717) is 18.3 Å². The highest BCUT2D eigenvalue weighted by atomic mass is 19.1. The molecule has 9 heteroatoms. The molecule has 0 bridgehead atoms. The number of amides is 3. The van der Waals surface area contributed by atoms with Crippen LogP contribution in [0.4, 0.5) is 15.1 Å². The third-order valence-corrected chi connectivity index (χ3v) is 6.85. The van der Waals surface area contributed by atoms with Gasteiger partial charge < -0.3 is 4.90 Å². The van der Waals surface area contributed by atoms with Crippen molar-refractivity contribution >= 4 is 23.7 Å². The Balaban J connectivity index is 1.38. The standard InChI is InChI=1S/C24H30FN6O2/c1-17-16-30-20-21(26-23(30)31(17)19-10-8-18(25)9-11-19)27(2)24(33)29(22(20)32)15-7-14-28-12-5-3-4-6-13-28/h8-11,16,20H,3-7,12-15H2,1-2H3/q+1. The maximum atomic E-state index is 13.5. The second kappa shape index (κ2) is 8.70. The number of halogens is 1. The first kappa shape index (κ1) is 21.8. The summed E-state index contributed by atoms with van der Waals surface area (Å²) in [5.41, 5.74) is 1.63. The number of benzene rings is 1. The summed E-state index contributed by atoms with van der Waals surface area (Å²) in [6.07, 6.45) is 7.63. The first-order chi connectivity index (χ1) is 16.0. The average Bonchev–Trinajstić information content (AvgIpc) is 3.17. The lowest BCUT2D eigenvalue weighted by atomic mass is 10.1. The molecule has 0 spiro atoms. The number of imidazole rings is 1. The van der Waals surface area contributed by atoms with E-state index in [1.807, 2.05) is 22.3 Å². The summed E-state index contributed by atoms with van der Waals surface area (Å²) in [5, 5.41) is 0. The molecular weight excluding hydrogens is 423 g/mol. The Bertz CT molecular complexity index is 1100. The number of imide groups is 1. The van der Waals surface area contributed by atoms with Gasteiger partial charge in [0.1, 0.15) is 23.4 Å². The quantitative estimate of drug-likeness (QED) is 0.654. The zero-order chi connectivity index (χ0) is 23.1. The molecule has 33 heavy (non-hydrogen) atoms. The molecule has 1 aromatic heterocycles. The van der Waals surface area contributed by atoms with Gasteiger partial charge in [-0.25, -0.2) is 13.8 Å². The van der Waals surface area contributed by atoms with E-state index in [2.05, 4.69) is 9.89 Å². The Morgan fingerprint density at radius 3 is 2.45 bits per heavy atom. The molecule has 2 saturated heterocycles. The van der Waals surface area contributed by atoms with Crippen molar-refractivity contribution in [3.8, 4) is 5.69 Å². The van der Waals surface area contributed by atoms with Crippen LogP contribution in [-0.4, -0.2) is 70.3 Å². The topological polar surface area (TPSA) is 65.0 Å². The number of fused-ring (bicyclic) bond motifs is 3. The summed E-state index contributed by atoms with van der Waals surface area (Å²) in [7, 11) is 1.67. The van der Waals surface area contributed by atoms with Gasteiger partial charge in [0.2, 0.25) is 11.9 Å². The number of carbonyl (C=O) groups is 2. The average molecular weight is 454 g/mol. The smallest absolute Gasteiger partial charge is 0.303 e. The number of aromatic nitrogens is 2. The lowest BCUT2D eigenvalue weighted by molar-refractivity contribution is -0.676. The number of hydrogen-bond acceptors (Lipinski definition) is 4. The number of amidine groups is 1. The van der Waals surface area contributed by atoms with Crippen molar-refractivity contribution in [1.82, 2.24) is 19.3 Å². The summed E-state index contributed by atoms with van der Waals surface area (Å²) < 4.78 is 17.1. The van der Waals surface area contributed by atoms with E-state index in [1.54, 1.807) is 19.2 Å². The summed E-state index contributed by atoms with van der Waals surface area (Å²) in [6, 6.07) is 5.15. The van der Waals surface area contributed by atoms with Crippen LogP contribution < -0.4 is 4.57 Å². The lowest BCUT2D eigenvalue weighted by Gasteiger charge is -2.33. The molecule has 0 saturated carbocycles. The maximum Gasteiger partial charge on any atom is 0.406 e. The van der Waals surface area contributed by atoms with E-state index in [9.17, 15) is 14.0 Å². The molecule has 0 N–H and O–H groups in total. The van der Waals surface area contributed by atoms with Gasteiger partial charge in [-0.15, -0.1) is 0 Å². The van der Waals surface area contributed by atoms with E-state index < -0.39 is 6.04 Å². The Morgan fingerprint density at radius 2 is 1.76 bits per heavy atom. The predicted molar refractivity (Wildman–Crippen MR) is 121 cm³/mol. The fourth-order valence-electron chi connectivity index (χ4n) is 5.11. The molecule has 4 heterocycles. The highest BCUT2D eigenvalue weighted by Crippen LogP contribution is 2.31. The van der Waals surface area contributed by atoms with Crippen LogP contribution in [0.25, 0.3) is 5.69 Å². The lowest BCUT2D eigenvalue weighted by Crippen LogP contribution is -2.62. The molecule has 1 atom stereocenters. The molecule has 0 radical (unpaired) electrons. The van der Waals surface area contributed by atoms with Crippen molar-refractivity contribution in [2.75, 3.05) is 33.2 Å². The first-order valence-electron chi connectivity index (χ1n) is 11.7. The zero-order valence-corrected chi connectivity index (χ0v) is 19.2. The van der Waals surface area contributed by atoms with Gasteiger partial charge in [0, 0.05) is 13.6 Å². The molecule has 5 rings (SSSR count). The van der Waals surface area contributed by atoms with Gasteiger partial charge in [0.05, 0.1) is 0 Å². The van der Waals surface area contributed by atoms with Crippen LogP contribution in [0, 0.1) is 12.7 Å². The van der Waals surface area contributed by atoms with E-state index >= 15 is 0 Å². The first-order valence-corrected chi connectivity index (χ1v) is 11.7. The number of carbonyl (C=O) groups excluding carboxylic acids is 2. The van der Waals surface area contributed by atoms with Crippen molar-refractivity contribution in [2.45, 2.75) is 45.1 Å². The fourth-order valence-corrected chi connectivity index (χ4v) is 5.11. The minimum atomic E-state index is -0.665. The Hall–Kier alpha value is -3.07. The highest BCUT2D eigenvalue weighted by molar-refractivity contribution is 6.19. The van der Waals surface area contributed by atoms with E-state index in [-0.39, 0.29) is 17.8 Å². The number of likely N-dealkylation sites (tertiary alicyclic amines) is 1. The second-order valence-corrected chi connectivity index (χ2v) is 9.10. The summed E-state index contributed by atoms with van der Waals surface area (Å²) >= 11 is 0. The molecule has 8 nitrogen and oxygen atoms in total. The van der Waals surface area contributed by atoms with Gasteiger partial charge in [-0.05, 0) is 70.1 Å². The van der Waals surface area contributed by atoms with Crippen molar-refractivity contribution in [2.24, 2.45) is 4.99 Å². The molecule has 3 aliphatic heterocycles. The predicted octanol–water partition coefficient (Wildman–Crippen LogP) is 2.96. The van der Waals surface area contributed by atoms with Crippen LogP contribution in [0.3, 0.4) is 0 Å². The summed E-state index contributed by atoms with van der Waals surface area (Å²) in [5.74, 6) is 0.426. The van der Waals surface area contributed by atoms with Gasteiger partial charge in [0.15, 0.2) is 0 Å². The third kappa shape index (κ3) is 3.84. The fraction of sp³-hybridized carbons (Fsp3) is 0.500. The van der Waals surface area contributed by atoms with E-state index in [1.165, 1.54) is 47.6 Å².